The van der Waals surface area contributed by atoms with E-state index < -0.39 is 22.9 Å². The smallest absolute Gasteiger partial charge is 0.201 e. The van der Waals surface area contributed by atoms with Crippen molar-refractivity contribution in [3.8, 4) is 24.3 Å². The van der Waals surface area contributed by atoms with Crippen LogP contribution in [-0.2, 0) is 9.53 Å². The summed E-state index contributed by atoms with van der Waals surface area (Å²) in [6, 6.07) is 7.02. The van der Waals surface area contributed by atoms with E-state index in [0.29, 0.717) is 0 Å². The topological polar surface area (TPSA) is 121 Å². The molecular formula is C13H12N4O2. The highest BCUT2D eigenvalue weighted by Crippen LogP contribution is 2.54. The van der Waals surface area contributed by atoms with Gasteiger partial charge in [0, 0.05) is 7.11 Å². The van der Waals surface area contributed by atoms with Gasteiger partial charge in [-0.15, -0.1) is 0 Å². The van der Waals surface area contributed by atoms with Crippen LogP contribution in [0.1, 0.15) is 19.8 Å². The number of carbonyl (C=O) groups excluding carboxylic acids is 1. The molecule has 19 heavy (non-hydrogen) atoms. The van der Waals surface area contributed by atoms with E-state index >= 15 is 0 Å². The standard InChI is InChI=1S/C13H12N4O2/c1-9(18)10-3-4-11(19-2)13(7-16,8-17)12(10,5-14)6-15/h10-11H,3-4H2,1-2H3. The van der Waals surface area contributed by atoms with Gasteiger partial charge in [-0.2, -0.15) is 21.0 Å². The first-order valence-electron chi connectivity index (χ1n) is 5.68. The Balaban J connectivity index is 3.64. The fourth-order valence-corrected chi connectivity index (χ4v) is 2.79. The predicted molar refractivity (Wildman–Crippen MR) is 61.5 cm³/mol. The third-order valence-electron chi connectivity index (χ3n) is 3.83. The Hall–Kier alpha value is -2.41. The molecule has 1 aliphatic carbocycles. The summed E-state index contributed by atoms with van der Waals surface area (Å²) in [4.78, 5) is 11.7. The number of hydrogen-bond donors (Lipinski definition) is 0. The fraction of sp³-hybridized carbons (Fsp3) is 0.615. The van der Waals surface area contributed by atoms with Crippen molar-refractivity contribution in [1.29, 1.82) is 21.0 Å². The summed E-state index contributed by atoms with van der Waals surface area (Å²) in [6.45, 7) is 1.26. The number of ether oxygens (including phenoxy) is 1. The highest BCUT2D eigenvalue weighted by molar-refractivity contribution is 5.81. The highest BCUT2D eigenvalue weighted by atomic mass is 16.5. The first kappa shape index (κ1) is 14.7. The lowest BCUT2D eigenvalue weighted by molar-refractivity contribution is -0.130. The molecule has 0 spiro atoms. The Morgan fingerprint density at radius 3 is 1.84 bits per heavy atom. The van der Waals surface area contributed by atoms with Crippen LogP contribution in [0.4, 0.5) is 0 Å². The number of nitriles is 4. The average molecular weight is 256 g/mol. The van der Waals surface area contributed by atoms with Crippen LogP contribution in [-0.4, -0.2) is 19.0 Å². The number of methoxy groups -OCH3 is 1. The minimum absolute atomic E-state index is 0.250. The third kappa shape index (κ3) is 1.66. The second kappa shape index (κ2) is 5.07. The molecule has 0 aromatic rings. The third-order valence-corrected chi connectivity index (χ3v) is 3.83. The zero-order valence-electron chi connectivity index (χ0n) is 10.7. The van der Waals surface area contributed by atoms with E-state index in [1.54, 1.807) is 24.3 Å². The molecule has 1 rings (SSSR count). The molecule has 0 aromatic heterocycles. The van der Waals surface area contributed by atoms with Crippen LogP contribution < -0.4 is 0 Å². The Kier molecular flexibility index (Phi) is 3.91. The summed E-state index contributed by atoms with van der Waals surface area (Å²) in [5, 5.41) is 37.5. The van der Waals surface area contributed by atoms with Crippen molar-refractivity contribution < 1.29 is 9.53 Å². The van der Waals surface area contributed by atoms with Gasteiger partial charge in [-0.3, -0.25) is 4.79 Å². The predicted octanol–water partition coefficient (Wildman–Crippen LogP) is 1.07. The van der Waals surface area contributed by atoms with Crippen molar-refractivity contribution in [3.63, 3.8) is 0 Å². The largest absolute Gasteiger partial charge is 0.379 e. The van der Waals surface area contributed by atoms with Crippen molar-refractivity contribution in [2.24, 2.45) is 16.7 Å². The fourth-order valence-electron chi connectivity index (χ4n) is 2.79. The Morgan fingerprint density at radius 1 is 1.05 bits per heavy atom. The van der Waals surface area contributed by atoms with E-state index in [1.165, 1.54) is 14.0 Å². The lowest BCUT2D eigenvalue weighted by Gasteiger charge is -2.44. The molecular weight excluding hydrogens is 244 g/mol. The lowest BCUT2D eigenvalue weighted by Crippen LogP contribution is -2.56. The van der Waals surface area contributed by atoms with Gasteiger partial charge in [-0.1, -0.05) is 0 Å². The molecule has 0 amide bonds. The second-order valence-electron chi connectivity index (χ2n) is 4.53. The van der Waals surface area contributed by atoms with Crippen LogP contribution in [0.2, 0.25) is 0 Å². The SMILES string of the molecule is COC1CCC(C(C)=O)C(C#N)(C#N)C1(C#N)C#N. The van der Waals surface area contributed by atoms with Crippen LogP contribution in [0.25, 0.3) is 0 Å². The summed E-state index contributed by atoms with van der Waals surface area (Å²) in [7, 11) is 1.32. The molecule has 0 aliphatic heterocycles. The van der Waals surface area contributed by atoms with E-state index in [9.17, 15) is 25.8 Å². The van der Waals surface area contributed by atoms with Crippen molar-refractivity contribution in [2.45, 2.75) is 25.9 Å². The second-order valence-corrected chi connectivity index (χ2v) is 4.53. The minimum atomic E-state index is -2.00. The summed E-state index contributed by atoms with van der Waals surface area (Å²) in [5.41, 5.74) is -3.96. The van der Waals surface area contributed by atoms with Crippen LogP contribution in [0, 0.1) is 62.1 Å². The molecule has 1 saturated carbocycles. The first-order valence-corrected chi connectivity index (χ1v) is 5.68. The normalized spacial score (nSPS) is 27.1. The molecule has 96 valence electrons. The van der Waals surface area contributed by atoms with E-state index in [1.807, 2.05) is 0 Å². The monoisotopic (exact) mass is 256 g/mol. The molecule has 0 bridgehead atoms. The van der Waals surface area contributed by atoms with Crippen molar-refractivity contribution in [3.05, 3.63) is 0 Å². The number of ketones is 1. The van der Waals surface area contributed by atoms with Crippen LogP contribution in [0.5, 0.6) is 0 Å². The van der Waals surface area contributed by atoms with Crippen LogP contribution in [0.3, 0.4) is 0 Å². The molecule has 2 atom stereocenters. The van der Waals surface area contributed by atoms with Gasteiger partial charge < -0.3 is 4.74 Å². The number of rotatable bonds is 2. The van der Waals surface area contributed by atoms with Gasteiger partial charge in [0.05, 0.1) is 36.3 Å². The van der Waals surface area contributed by atoms with E-state index in [4.69, 9.17) is 4.74 Å². The van der Waals surface area contributed by atoms with Crippen molar-refractivity contribution in [1.82, 2.24) is 0 Å². The van der Waals surface area contributed by atoms with Crippen molar-refractivity contribution in [2.75, 3.05) is 7.11 Å². The molecule has 6 nitrogen and oxygen atoms in total. The van der Waals surface area contributed by atoms with Gasteiger partial charge in [0.25, 0.3) is 0 Å². The molecule has 1 aliphatic rings. The van der Waals surface area contributed by atoms with E-state index in [2.05, 4.69) is 0 Å². The molecule has 0 radical (unpaired) electrons. The van der Waals surface area contributed by atoms with E-state index in [-0.39, 0.29) is 18.6 Å². The Bertz CT molecular complexity index is 527. The zero-order chi connectivity index (χ0) is 14.7. The van der Waals surface area contributed by atoms with Gasteiger partial charge in [0.15, 0.2) is 5.41 Å². The molecule has 0 heterocycles. The summed E-state index contributed by atoms with van der Waals surface area (Å²) < 4.78 is 5.12. The molecule has 2 unspecified atom stereocenters. The zero-order valence-corrected chi connectivity index (χ0v) is 10.7. The molecule has 6 heteroatoms. The summed E-state index contributed by atoms with van der Waals surface area (Å²) in [5.74, 6) is -1.32. The number of Topliss-reactive ketones (excluding diaryl/α,β-unsaturated/α-hetero) is 1. The van der Waals surface area contributed by atoms with Gasteiger partial charge in [-0.25, -0.2) is 0 Å². The molecule has 0 saturated heterocycles. The Labute approximate surface area is 111 Å². The highest BCUT2D eigenvalue weighted by Gasteiger charge is 2.66. The van der Waals surface area contributed by atoms with Gasteiger partial charge in [-0.05, 0) is 19.8 Å². The number of carbonyl (C=O) groups is 1. The maximum absolute atomic E-state index is 11.7. The van der Waals surface area contributed by atoms with Crippen LogP contribution in [0.15, 0.2) is 0 Å². The number of hydrogen-bond acceptors (Lipinski definition) is 6. The van der Waals surface area contributed by atoms with Crippen molar-refractivity contribution >= 4 is 5.78 Å². The Morgan fingerprint density at radius 2 is 1.53 bits per heavy atom. The minimum Gasteiger partial charge on any atom is -0.379 e. The molecule has 1 fully saturated rings. The van der Waals surface area contributed by atoms with E-state index in [0.717, 1.165) is 0 Å². The maximum Gasteiger partial charge on any atom is 0.201 e. The maximum atomic E-state index is 11.7. The number of nitrogens with zero attached hydrogens (tertiary/aromatic N) is 4. The van der Waals surface area contributed by atoms with Crippen LogP contribution >= 0.6 is 0 Å². The quantitative estimate of drug-likeness (QED) is 0.728. The van der Waals surface area contributed by atoms with Gasteiger partial charge in [0.1, 0.15) is 5.78 Å². The van der Waals surface area contributed by atoms with Gasteiger partial charge >= 0.3 is 0 Å². The summed E-state index contributed by atoms with van der Waals surface area (Å²) >= 11 is 0. The molecule has 0 N–H and O–H groups in total. The average Bonchev–Trinajstić information content (AvgIpc) is 2.44. The summed E-state index contributed by atoms with van der Waals surface area (Å²) in [6.07, 6.45) is -0.329. The lowest BCUT2D eigenvalue weighted by atomic mass is 9.51. The molecule has 0 aromatic carbocycles. The first-order chi connectivity index (χ1) is 8.99. The van der Waals surface area contributed by atoms with Gasteiger partial charge in [0.2, 0.25) is 5.41 Å².